The Morgan fingerprint density at radius 3 is 2.38 bits per heavy atom. The Bertz CT molecular complexity index is 777. The van der Waals surface area contributed by atoms with Crippen molar-refractivity contribution in [2.24, 2.45) is 5.73 Å². The summed E-state index contributed by atoms with van der Waals surface area (Å²) in [6.45, 7) is 9.26. The number of benzene rings is 1. The molecule has 1 aliphatic heterocycles. The van der Waals surface area contributed by atoms with Gasteiger partial charge in [0.2, 0.25) is 0 Å². The second kappa shape index (κ2) is 8.01. The van der Waals surface area contributed by atoms with Crippen molar-refractivity contribution in [2.75, 3.05) is 32.8 Å². The summed E-state index contributed by atoms with van der Waals surface area (Å²) in [6.07, 6.45) is 0.984. The Kier molecular flexibility index (Phi) is 5.74. The number of primary amides is 1. The van der Waals surface area contributed by atoms with E-state index >= 15 is 0 Å². The Hall–Kier alpha value is -2.18. The van der Waals surface area contributed by atoms with Crippen molar-refractivity contribution in [1.29, 1.82) is 0 Å². The van der Waals surface area contributed by atoms with Gasteiger partial charge in [0.05, 0.1) is 18.8 Å². The monoisotopic (exact) mass is 359 g/mol. The van der Waals surface area contributed by atoms with Crippen LogP contribution < -0.4 is 5.73 Å². The van der Waals surface area contributed by atoms with Gasteiger partial charge in [0.15, 0.2) is 0 Å². The minimum atomic E-state index is -0.447. The number of nitrogens with zero attached hydrogens (tertiary/aromatic N) is 2. The second-order valence-electron chi connectivity index (χ2n) is 6.75. The van der Waals surface area contributed by atoms with Crippen LogP contribution in [-0.2, 0) is 11.3 Å². The molecule has 26 heavy (non-hydrogen) atoms. The number of nitrogens with two attached hydrogens (primary N) is 1. The maximum Gasteiger partial charge on any atom is 0.251 e. The molecule has 0 spiro atoms. The largest absolute Gasteiger partial charge is 0.379 e. The molecule has 2 aromatic rings. The highest BCUT2D eigenvalue weighted by Gasteiger charge is 2.22. The molecule has 1 amide bonds. The van der Waals surface area contributed by atoms with Crippen LogP contribution in [0.2, 0.25) is 0 Å². The van der Waals surface area contributed by atoms with E-state index in [4.69, 9.17) is 10.5 Å². The third-order valence-corrected chi connectivity index (χ3v) is 5.12. The number of rotatable bonds is 6. The van der Waals surface area contributed by atoms with Gasteiger partial charge < -0.3 is 15.0 Å². The molecule has 0 atom stereocenters. The van der Waals surface area contributed by atoms with E-state index in [-0.39, 0.29) is 5.82 Å². The minimum absolute atomic E-state index is 0.298. The van der Waals surface area contributed by atoms with Crippen LogP contribution >= 0.6 is 0 Å². The van der Waals surface area contributed by atoms with Crippen molar-refractivity contribution in [3.63, 3.8) is 0 Å². The fraction of sp³-hybridized carbons (Fsp3) is 0.450. The molecule has 2 N–H and O–H groups in total. The third-order valence-electron chi connectivity index (χ3n) is 5.12. The number of hydrogen-bond acceptors (Lipinski definition) is 3. The molecule has 1 saturated heterocycles. The van der Waals surface area contributed by atoms with Crippen LogP contribution in [0.3, 0.4) is 0 Å². The lowest BCUT2D eigenvalue weighted by molar-refractivity contribution is 0.0369. The summed E-state index contributed by atoms with van der Waals surface area (Å²) < 4.78 is 20.8. The zero-order valence-corrected chi connectivity index (χ0v) is 15.4. The summed E-state index contributed by atoms with van der Waals surface area (Å²) in [5, 5.41) is 0. The van der Waals surface area contributed by atoms with Gasteiger partial charge in [0.1, 0.15) is 5.82 Å². The maximum atomic E-state index is 13.3. The zero-order chi connectivity index (χ0) is 18.7. The highest BCUT2D eigenvalue weighted by molar-refractivity contribution is 6.02. The second-order valence-corrected chi connectivity index (χ2v) is 6.75. The Morgan fingerprint density at radius 1 is 1.12 bits per heavy atom. The SMILES string of the molecule is Cc1c(C(N)=O)c(-c2ccc(F)cc2)c(C)n1CCCN1CCOCC1. The number of halogens is 1. The van der Waals surface area contributed by atoms with Gasteiger partial charge >= 0.3 is 0 Å². The number of carbonyl (C=O) groups excluding carboxylic acids is 1. The molecule has 0 bridgehead atoms. The zero-order valence-electron chi connectivity index (χ0n) is 15.4. The molecule has 1 fully saturated rings. The van der Waals surface area contributed by atoms with E-state index in [9.17, 15) is 9.18 Å². The molecule has 5 nitrogen and oxygen atoms in total. The van der Waals surface area contributed by atoms with E-state index < -0.39 is 5.91 Å². The van der Waals surface area contributed by atoms with Crippen LogP contribution in [0.15, 0.2) is 24.3 Å². The molecule has 140 valence electrons. The van der Waals surface area contributed by atoms with Crippen LogP contribution in [0.4, 0.5) is 4.39 Å². The number of aromatic nitrogens is 1. The van der Waals surface area contributed by atoms with E-state index in [0.29, 0.717) is 5.56 Å². The predicted octanol–water partition coefficient (Wildman–Crippen LogP) is 2.73. The summed E-state index contributed by atoms with van der Waals surface area (Å²) in [7, 11) is 0. The van der Waals surface area contributed by atoms with Gasteiger partial charge in [0.25, 0.3) is 5.91 Å². The maximum absolute atomic E-state index is 13.3. The summed E-state index contributed by atoms with van der Waals surface area (Å²) >= 11 is 0. The first-order chi connectivity index (χ1) is 12.5. The van der Waals surface area contributed by atoms with Crippen molar-refractivity contribution in [1.82, 2.24) is 9.47 Å². The van der Waals surface area contributed by atoms with Gasteiger partial charge in [-0.05, 0) is 38.0 Å². The first-order valence-corrected chi connectivity index (χ1v) is 9.04. The van der Waals surface area contributed by atoms with Gasteiger partial charge in [-0.15, -0.1) is 0 Å². The predicted molar refractivity (Wildman–Crippen MR) is 99.7 cm³/mol. The Labute approximate surface area is 153 Å². The molecule has 1 aromatic heterocycles. The number of hydrogen-bond donors (Lipinski definition) is 1. The lowest BCUT2D eigenvalue weighted by Crippen LogP contribution is -2.37. The highest BCUT2D eigenvalue weighted by Crippen LogP contribution is 2.32. The standard InChI is InChI=1S/C20H26FN3O2/c1-14-18(16-4-6-17(21)7-5-16)19(20(22)25)15(2)24(14)9-3-8-23-10-12-26-13-11-23/h4-7H,3,8-13H2,1-2H3,(H2,22,25). The van der Waals surface area contributed by atoms with E-state index in [1.807, 2.05) is 13.8 Å². The van der Waals surface area contributed by atoms with Crippen molar-refractivity contribution in [3.8, 4) is 11.1 Å². The van der Waals surface area contributed by atoms with Gasteiger partial charge in [0, 0.05) is 43.1 Å². The number of ether oxygens (including phenoxy) is 1. The molecule has 3 rings (SSSR count). The van der Waals surface area contributed by atoms with Crippen LogP contribution in [-0.4, -0.2) is 48.2 Å². The Morgan fingerprint density at radius 2 is 1.77 bits per heavy atom. The lowest BCUT2D eigenvalue weighted by Gasteiger charge is -2.26. The molecule has 0 aliphatic carbocycles. The summed E-state index contributed by atoms with van der Waals surface area (Å²) in [4.78, 5) is 14.5. The molecular formula is C20H26FN3O2. The van der Waals surface area contributed by atoms with Gasteiger partial charge in [-0.2, -0.15) is 0 Å². The van der Waals surface area contributed by atoms with Crippen molar-refractivity contribution in [2.45, 2.75) is 26.8 Å². The van der Waals surface area contributed by atoms with Crippen molar-refractivity contribution in [3.05, 3.63) is 47.0 Å². The third kappa shape index (κ3) is 3.81. The molecular weight excluding hydrogens is 333 g/mol. The van der Waals surface area contributed by atoms with Crippen molar-refractivity contribution < 1.29 is 13.9 Å². The number of amides is 1. The summed E-state index contributed by atoms with van der Waals surface area (Å²) in [5.41, 5.74) is 9.67. The fourth-order valence-corrected chi connectivity index (χ4v) is 3.77. The lowest BCUT2D eigenvalue weighted by atomic mass is 10.00. The highest BCUT2D eigenvalue weighted by atomic mass is 19.1. The smallest absolute Gasteiger partial charge is 0.251 e. The van der Waals surface area contributed by atoms with E-state index in [0.717, 1.165) is 68.3 Å². The van der Waals surface area contributed by atoms with Crippen LogP contribution in [0, 0.1) is 19.7 Å². The minimum Gasteiger partial charge on any atom is -0.379 e. The fourth-order valence-electron chi connectivity index (χ4n) is 3.77. The topological polar surface area (TPSA) is 60.5 Å². The van der Waals surface area contributed by atoms with Crippen LogP contribution in [0.1, 0.15) is 28.2 Å². The molecule has 0 unspecified atom stereocenters. The number of carbonyl (C=O) groups is 1. The average Bonchev–Trinajstić information content (AvgIpc) is 2.88. The molecule has 1 aromatic carbocycles. The normalized spacial score (nSPS) is 15.3. The van der Waals surface area contributed by atoms with Crippen LogP contribution in [0.5, 0.6) is 0 Å². The summed E-state index contributed by atoms with van der Waals surface area (Å²) in [6, 6.07) is 6.21. The molecule has 2 heterocycles. The Balaban J connectivity index is 1.85. The average molecular weight is 359 g/mol. The first kappa shape index (κ1) is 18.6. The van der Waals surface area contributed by atoms with Crippen molar-refractivity contribution >= 4 is 5.91 Å². The first-order valence-electron chi connectivity index (χ1n) is 9.04. The van der Waals surface area contributed by atoms with E-state index in [1.165, 1.54) is 12.1 Å². The summed E-state index contributed by atoms with van der Waals surface area (Å²) in [5.74, 6) is -0.745. The van der Waals surface area contributed by atoms with Gasteiger partial charge in [-0.1, -0.05) is 12.1 Å². The van der Waals surface area contributed by atoms with Gasteiger partial charge in [-0.3, -0.25) is 9.69 Å². The number of morpholine rings is 1. The quantitative estimate of drug-likeness (QED) is 0.863. The molecule has 0 radical (unpaired) electrons. The molecule has 1 aliphatic rings. The van der Waals surface area contributed by atoms with Gasteiger partial charge in [-0.25, -0.2) is 4.39 Å². The molecule has 6 heteroatoms. The van der Waals surface area contributed by atoms with Crippen LogP contribution in [0.25, 0.3) is 11.1 Å². The molecule has 0 saturated carbocycles. The van der Waals surface area contributed by atoms with E-state index in [1.54, 1.807) is 12.1 Å². The van der Waals surface area contributed by atoms with E-state index in [2.05, 4.69) is 9.47 Å².